The van der Waals surface area contributed by atoms with Gasteiger partial charge in [0.15, 0.2) is 0 Å². The average molecular weight is 284 g/mol. The van der Waals surface area contributed by atoms with Gasteiger partial charge in [-0.25, -0.2) is 0 Å². The molecule has 2 rings (SSSR count). The minimum atomic E-state index is -0.199. The van der Waals surface area contributed by atoms with Gasteiger partial charge in [0, 0.05) is 18.9 Å². The van der Waals surface area contributed by atoms with E-state index in [1.165, 1.54) is 0 Å². The van der Waals surface area contributed by atoms with Gasteiger partial charge in [-0.15, -0.1) is 0 Å². The third-order valence-corrected chi connectivity index (χ3v) is 3.50. The summed E-state index contributed by atoms with van der Waals surface area (Å²) in [6, 6.07) is 11.5. The molecule has 0 fully saturated rings. The van der Waals surface area contributed by atoms with Gasteiger partial charge in [-0.3, -0.25) is 9.78 Å². The van der Waals surface area contributed by atoms with Crippen molar-refractivity contribution in [2.24, 2.45) is 0 Å². The van der Waals surface area contributed by atoms with Gasteiger partial charge < -0.3 is 10.4 Å². The zero-order chi connectivity index (χ0) is 15.1. The highest BCUT2D eigenvalue weighted by atomic mass is 16.3. The van der Waals surface area contributed by atoms with Crippen molar-refractivity contribution in [3.63, 3.8) is 0 Å². The van der Waals surface area contributed by atoms with Gasteiger partial charge in [-0.05, 0) is 36.1 Å². The molecule has 0 aliphatic heterocycles. The molecule has 1 amide bonds. The van der Waals surface area contributed by atoms with Crippen molar-refractivity contribution < 1.29 is 9.90 Å². The van der Waals surface area contributed by atoms with Crippen molar-refractivity contribution in [3.05, 3.63) is 65.5 Å². The van der Waals surface area contributed by atoms with Crippen LogP contribution in [0.2, 0.25) is 0 Å². The van der Waals surface area contributed by atoms with E-state index in [4.69, 9.17) is 5.11 Å². The molecular formula is C17H20N2O2. The Labute approximate surface area is 124 Å². The molecule has 1 aromatic heterocycles. The predicted molar refractivity (Wildman–Crippen MR) is 81.7 cm³/mol. The Morgan fingerprint density at radius 2 is 1.95 bits per heavy atom. The highest BCUT2D eigenvalue weighted by molar-refractivity contribution is 5.83. The van der Waals surface area contributed by atoms with Crippen molar-refractivity contribution in [1.29, 1.82) is 0 Å². The van der Waals surface area contributed by atoms with Gasteiger partial charge in [-0.1, -0.05) is 30.3 Å². The number of nitrogens with zero attached hydrogens (tertiary/aromatic N) is 1. The van der Waals surface area contributed by atoms with Gasteiger partial charge in [0.05, 0.1) is 12.5 Å². The summed E-state index contributed by atoms with van der Waals surface area (Å²) in [5.74, 6) is -0.189. The van der Waals surface area contributed by atoms with Crippen molar-refractivity contribution >= 4 is 5.91 Å². The van der Waals surface area contributed by atoms with Crippen LogP contribution >= 0.6 is 0 Å². The van der Waals surface area contributed by atoms with E-state index < -0.39 is 0 Å². The quantitative estimate of drug-likeness (QED) is 0.853. The second-order valence-electron chi connectivity index (χ2n) is 5.02. The SMILES string of the molecule is CC(C(=O)NCCc1ccc(CO)cc1)c1cccnc1. The van der Waals surface area contributed by atoms with Crippen LogP contribution in [0.5, 0.6) is 0 Å². The third-order valence-electron chi connectivity index (χ3n) is 3.50. The van der Waals surface area contributed by atoms with Crippen molar-refractivity contribution in [3.8, 4) is 0 Å². The molecule has 4 heteroatoms. The van der Waals surface area contributed by atoms with Gasteiger partial charge in [-0.2, -0.15) is 0 Å². The van der Waals surface area contributed by atoms with E-state index >= 15 is 0 Å². The highest BCUT2D eigenvalue weighted by Crippen LogP contribution is 2.13. The normalized spacial score (nSPS) is 11.9. The Bertz CT molecular complexity index is 567. The van der Waals surface area contributed by atoms with Crippen LogP contribution in [0.1, 0.15) is 29.5 Å². The van der Waals surface area contributed by atoms with E-state index in [0.29, 0.717) is 6.54 Å². The maximum absolute atomic E-state index is 12.1. The number of aliphatic hydroxyl groups is 1. The smallest absolute Gasteiger partial charge is 0.227 e. The maximum Gasteiger partial charge on any atom is 0.227 e. The van der Waals surface area contributed by atoms with Crippen molar-refractivity contribution in [1.82, 2.24) is 10.3 Å². The molecule has 21 heavy (non-hydrogen) atoms. The Morgan fingerprint density at radius 3 is 2.57 bits per heavy atom. The van der Waals surface area contributed by atoms with Gasteiger partial charge in [0.1, 0.15) is 0 Å². The number of aliphatic hydroxyl groups excluding tert-OH is 1. The molecule has 2 aromatic rings. The number of carbonyl (C=O) groups is 1. The van der Waals surface area contributed by atoms with Crippen molar-refractivity contribution in [2.75, 3.05) is 6.54 Å². The fraction of sp³-hybridized carbons (Fsp3) is 0.294. The standard InChI is InChI=1S/C17H20N2O2/c1-13(16-3-2-9-18-11-16)17(21)19-10-8-14-4-6-15(12-20)7-5-14/h2-7,9,11,13,20H,8,10,12H2,1H3,(H,19,21). The predicted octanol–water partition coefficient (Wildman–Crippen LogP) is 2.04. The van der Waals surface area contributed by atoms with Crippen molar-refractivity contribution in [2.45, 2.75) is 25.9 Å². The summed E-state index contributed by atoms with van der Waals surface area (Å²) in [4.78, 5) is 16.1. The summed E-state index contributed by atoms with van der Waals surface area (Å²) in [5.41, 5.74) is 2.96. The molecule has 4 nitrogen and oxygen atoms in total. The molecule has 1 aromatic carbocycles. The number of hydrogen-bond acceptors (Lipinski definition) is 3. The molecule has 0 bridgehead atoms. The third kappa shape index (κ3) is 4.39. The van der Waals surface area contributed by atoms with Crippen LogP contribution in [0.4, 0.5) is 0 Å². The van der Waals surface area contributed by atoms with E-state index in [1.807, 2.05) is 43.3 Å². The lowest BCUT2D eigenvalue weighted by atomic mass is 10.0. The Balaban J connectivity index is 1.81. The van der Waals surface area contributed by atoms with Crippen LogP contribution in [-0.4, -0.2) is 22.5 Å². The number of carbonyl (C=O) groups excluding carboxylic acids is 1. The zero-order valence-electron chi connectivity index (χ0n) is 12.1. The van der Waals surface area contributed by atoms with Crippen LogP contribution in [-0.2, 0) is 17.8 Å². The average Bonchev–Trinajstić information content (AvgIpc) is 2.55. The summed E-state index contributed by atoms with van der Waals surface area (Å²) >= 11 is 0. The first kappa shape index (κ1) is 15.2. The molecule has 110 valence electrons. The van der Waals surface area contributed by atoms with E-state index in [1.54, 1.807) is 12.4 Å². The number of nitrogens with one attached hydrogen (secondary N) is 1. The van der Waals surface area contributed by atoms with E-state index in [2.05, 4.69) is 10.3 Å². The fourth-order valence-electron chi connectivity index (χ4n) is 2.08. The van der Waals surface area contributed by atoms with E-state index in [9.17, 15) is 4.79 Å². The maximum atomic E-state index is 12.1. The number of hydrogen-bond donors (Lipinski definition) is 2. The molecule has 0 saturated heterocycles. The summed E-state index contributed by atoms with van der Waals surface area (Å²) in [5, 5.41) is 11.9. The molecule has 0 radical (unpaired) electrons. The first-order valence-corrected chi connectivity index (χ1v) is 7.07. The minimum absolute atomic E-state index is 0.00924. The largest absolute Gasteiger partial charge is 0.392 e. The number of pyridine rings is 1. The molecule has 1 atom stereocenters. The molecule has 0 saturated carbocycles. The van der Waals surface area contributed by atoms with Crippen LogP contribution in [0.3, 0.4) is 0 Å². The first-order chi connectivity index (χ1) is 10.2. The van der Waals surface area contributed by atoms with Gasteiger partial charge in [0.2, 0.25) is 5.91 Å². The molecule has 0 aliphatic rings. The second-order valence-corrected chi connectivity index (χ2v) is 5.02. The molecule has 0 aliphatic carbocycles. The van der Waals surface area contributed by atoms with Gasteiger partial charge in [0.25, 0.3) is 0 Å². The van der Waals surface area contributed by atoms with Crippen LogP contribution in [0.25, 0.3) is 0 Å². The molecular weight excluding hydrogens is 264 g/mol. The zero-order valence-corrected chi connectivity index (χ0v) is 12.1. The van der Waals surface area contributed by atoms with Crippen LogP contribution < -0.4 is 5.32 Å². The summed E-state index contributed by atoms with van der Waals surface area (Å²) in [6.45, 7) is 2.53. The Kier molecular flexibility index (Phi) is 5.46. The molecule has 1 unspecified atom stereocenters. The Hall–Kier alpha value is -2.20. The first-order valence-electron chi connectivity index (χ1n) is 7.07. The lowest BCUT2D eigenvalue weighted by Gasteiger charge is -2.12. The molecule has 1 heterocycles. The summed E-state index contributed by atoms with van der Waals surface area (Å²) < 4.78 is 0. The lowest BCUT2D eigenvalue weighted by Crippen LogP contribution is -2.29. The molecule has 0 spiro atoms. The topological polar surface area (TPSA) is 62.2 Å². The minimum Gasteiger partial charge on any atom is -0.392 e. The summed E-state index contributed by atoms with van der Waals surface area (Å²) in [7, 11) is 0. The second kappa shape index (κ2) is 7.55. The summed E-state index contributed by atoms with van der Waals surface area (Å²) in [6.07, 6.45) is 4.19. The lowest BCUT2D eigenvalue weighted by molar-refractivity contribution is -0.122. The molecule has 2 N–H and O–H groups in total. The number of benzene rings is 1. The Morgan fingerprint density at radius 1 is 1.24 bits per heavy atom. The monoisotopic (exact) mass is 284 g/mol. The van der Waals surface area contributed by atoms with Crippen LogP contribution in [0.15, 0.2) is 48.8 Å². The number of amides is 1. The van der Waals surface area contributed by atoms with Crippen LogP contribution in [0, 0.1) is 0 Å². The van der Waals surface area contributed by atoms with E-state index in [0.717, 1.165) is 23.1 Å². The van der Waals surface area contributed by atoms with Gasteiger partial charge >= 0.3 is 0 Å². The van der Waals surface area contributed by atoms with E-state index in [-0.39, 0.29) is 18.4 Å². The number of rotatable bonds is 6. The number of aromatic nitrogens is 1. The highest BCUT2D eigenvalue weighted by Gasteiger charge is 2.14. The fourth-order valence-corrected chi connectivity index (χ4v) is 2.08.